The van der Waals surface area contributed by atoms with E-state index in [1.165, 1.54) is 12.0 Å². The molecular formula is C17H26N2O. The summed E-state index contributed by atoms with van der Waals surface area (Å²) < 4.78 is 0. The van der Waals surface area contributed by atoms with Gasteiger partial charge in [0.2, 0.25) is 5.91 Å². The van der Waals surface area contributed by atoms with E-state index in [0.717, 1.165) is 31.2 Å². The molecule has 1 saturated carbocycles. The number of nitrogens with two attached hydrogens (primary N) is 1. The highest BCUT2D eigenvalue weighted by molar-refractivity contribution is 5.79. The third-order valence-electron chi connectivity index (χ3n) is 4.31. The van der Waals surface area contributed by atoms with Crippen LogP contribution in [0.15, 0.2) is 24.3 Å². The first-order valence-corrected chi connectivity index (χ1v) is 7.70. The van der Waals surface area contributed by atoms with E-state index in [2.05, 4.69) is 30.4 Å². The van der Waals surface area contributed by atoms with Gasteiger partial charge in [0.15, 0.2) is 0 Å². The predicted octanol–water partition coefficient (Wildman–Crippen LogP) is 3.08. The average molecular weight is 274 g/mol. The van der Waals surface area contributed by atoms with Gasteiger partial charge in [-0.2, -0.15) is 0 Å². The largest absolute Gasteiger partial charge is 0.349 e. The summed E-state index contributed by atoms with van der Waals surface area (Å²) in [5.74, 6) is 0.0955. The summed E-state index contributed by atoms with van der Waals surface area (Å²) in [4.78, 5) is 12.4. The molecule has 0 radical (unpaired) electrons. The summed E-state index contributed by atoms with van der Waals surface area (Å²) in [5, 5.41) is 3.13. The molecule has 1 fully saturated rings. The number of amides is 1. The molecule has 3 atom stereocenters. The Balaban J connectivity index is 1.99. The van der Waals surface area contributed by atoms with Crippen LogP contribution in [0.3, 0.4) is 0 Å². The van der Waals surface area contributed by atoms with Crippen LogP contribution in [0.4, 0.5) is 0 Å². The minimum atomic E-state index is -0.0234. The predicted molar refractivity (Wildman–Crippen MR) is 82.3 cm³/mol. The van der Waals surface area contributed by atoms with Crippen molar-refractivity contribution in [1.29, 1.82) is 0 Å². The van der Waals surface area contributed by atoms with E-state index < -0.39 is 0 Å². The number of carbonyl (C=O) groups is 1. The minimum Gasteiger partial charge on any atom is -0.349 e. The molecular weight excluding hydrogens is 248 g/mol. The van der Waals surface area contributed by atoms with Crippen molar-refractivity contribution in [2.24, 2.45) is 11.7 Å². The van der Waals surface area contributed by atoms with Gasteiger partial charge >= 0.3 is 0 Å². The monoisotopic (exact) mass is 274 g/mol. The Labute approximate surface area is 121 Å². The molecule has 1 aliphatic carbocycles. The molecule has 3 N–H and O–H groups in total. The number of hydrogen-bond acceptors (Lipinski definition) is 2. The Hall–Kier alpha value is -1.35. The molecule has 0 heterocycles. The van der Waals surface area contributed by atoms with E-state index in [9.17, 15) is 4.79 Å². The summed E-state index contributed by atoms with van der Waals surface area (Å²) >= 11 is 0. The molecule has 2 rings (SSSR count). The van der Waals surface area contributed by atoms with Crippen LogP contribution in [0, 0.1) is 12.8 Å². The fourth-order valence-electron chi connectivity index (χ4n) is 3.01. The highest BCUT2D eigenvalue weighted by Gasteiger charge is 2.27. The van der Waals surface area contributed by atoms with Crippen LogP contribution in [0.5, 0.6) is 0 Å². The SMILES string of the molecule is Cc1cccc([C@@H](C)NC(=O)C2CCCCCC2N)c1. The van der Waals surface area contributed by atoms with E-state index in [-0.39, 0.29) is 23.9 Å². The van der Waals surface area contributed by atoms with Crippen molar-refractivity contribution in [1.82, 2.24) is 5.32 Å². The van der Waals surface area contributed by atoms with Crippen molar-refractivity contribution in [3.05, 3.63) is 35.4 Å². The average Bonchev–Trinajstić information content (AvgIpc) is 2.63. The van der Waals surface area contributed by atoms with Gasteiger partial charge in [-0.05, 0) is 32.3 Å². The van der Waals surface area contributed by atoms with E-state index in [4.69, 9.17) is 5.73 Å². The lowest BCUT2D eigenvalue weighted by atomic mass is 9.94. The topological polar surface area (TPSA) is 55.1 Å². The zero-order valence-corrected chi connectivity index (χ0v) is 12.6. The molecule has 0 aromatic heterocycles. The van der Waals surface area contributed by atoms with Gasteiger partial charge < -0.3 is 11.1 Å². The molecule has 3 nitrogen and oxygen atoms in total. The number of benzene rings is 1. The number of nitrogens with one attached hydrogen (secondary N) is 1. The van der Waals surface area contributed by atoms with Crippen molar-refractivity contribution in [3.63, 3.8) is 0 Å². The van der Waals surface area contributed by atoms with Crippen molar-refractivity contribution < 1.29 is 4.79 Å². The summed E-state index contributed by atoms with van der Waals surface area (Å²) in [6, 6.07) is 8.34. The quantitative estimate of drug-likeness (QED) is 0.832. The second-order valence-electron chi connectivity index (χ2n) is 6.05. The zero-order chi connectivity index (χ0) is 14.5. The summed E-state index contributed by atoms with van der Waals surface area (Å²) in [5.41, 5.74) is 8.53. The lowest BCUT2D eigenvalue weighted by Gasteiger charge is -2.23. The second kappa shape index (κ2) is 6.89. The van der Waals surface area contributed by atoms with E-state index >= 15 is 0 Å². The van der Waals surface area contributed by atoms with Crippen molar-refractivity contribution in [2.45, 2.75) is 58.0 Å². The third kappa shape index (κ3) is 3.83. The molecule has 20 heavy (non-hydrogen) atoms. The van der Waals surface area contributed by atoms with Gasteiger partial charge in [-0.1, -0.05) is 49.1 Å². The molecule has 1 aliphatic rings. The Morgan fingerprint density at radius 1 is 1.30 bits per heavy atom. The van der Waals surface area contributed by atoms with Gasteiger partial charge in [0.05, 0.1) is 12.0 Å². The van der Waals surface area contributed by atoms with Gasteiger partial charge in [0.1, 0.15) is 0 Å². The Bertz CT molecular complexity index is 458. The van der Waals surface area contributed by atoms with Gasteiger partial charge in [0, 0.05) is 6.04 Å². The second-order valence-corrected chi connectivity index (χ2v) is 6.05. The van der Waals surface area contributed by atoms with Crippen molar-refractivity contribution in [2.75, 3.05) is 0 Å². The van der Waals surface area contributed by atoms with Gasteiger partial charge in [-0.3, -0.25) is 4.79 Å². The van der Waals surface area contributed by atoms with Crippen LogP contribution in [0.1, 0.15) is 56.2 Å². The number of carbonyl (C=O) groups excluding carboxylic acids is 1. The van der Waals surface area contributed by atoms with E-state index in [0.29, 0.717) is 0 Å². The van der Waals surface area contributed by atoms with Crippen LogP contribution in [-0.2, 0) is 4.79 Å². The van der Waals surface area contributed by atoms with E-state index in [1.54, 1.807) is 0 Å². The van der Waals surface area contributed by atoms with Crippen LogP contribution in [-0.4, -0.2) is 11.9 Å². The lowest BCUT2D eigenvalue weighted by Crippen LogP contribution is -2.42. The Morgan fingerprint density at radius 3 is 2.80 bits per heavy atom. The molecule has 2 unspecified atom stereocenters. The lowest BCUT2D eigenvalue weighted by molar-refractivity contribution is -0.126. The van der Waals surface area contributed by atoms with Crippen LogP contribution < -0.4 is 11.1 Å². The van der Waals surface area contributed by atoms with Crippen LogP contribution in [0.25, 0.3) is 0 Å². The molecule has 110 valence electrons. The van der Waals surface area contributed by atoms with E-state index in [1.807, 2.05) is 13.0 Å². The normalized spacial score (nSPS) is 24.8. The molecule has 3 heteroatoms. The maximum Gasteiger partial charge on any atom is 0.225 e. The molecule has 1 aromatic carbocycles. The summed E-state index contributed by atoms with van der Waals surface area (Å²) in [6.45, 7) is 4.11. The summed E-state index contributed by atoms with van der Waals surface area (Å²) in [7, 11) is 0. The fourth-order valence-corrected chi connectivity index (χ4v) is 3.01. The van der Waals surface area contributed by atoms with Crippen LogP contribution >= 0.6 is 0 Å². The first-order chi connectivity index (χ1) is 9.58. The van der Waals surface area contributed by atoms with Crippen molar-refractivity contribution >= 4 is 5.91 Å². The maximum atomic E-state index is 12.4. The van der Waals surface area contributed by atoms with Gasteiger partial charge in [0.25, 0.3) is 0 Å². The Kier molecular flexibility index (Phi) is 5.18. The smallest absolute Gasteiger partial charge is 0.225 e. The number of rotatable bonds is 3. The number of hydrogen-bond donors (Lipinski definition) is 2. The molecule has 1 amide bonds. The highest BCUT2D eigenvalue weighted by atomic mass is 16.2. The van der Waals surface area contributed by atoms with Gasteiger partial charge in [-0.25, -0.2) is 0 Å². The van der Waals surface area contributed by atoms with Crippen molar-refractivity contribution in [3.8, 4) is 0 Å². The molecule has 0 aliphatic heterocycles. The Morgan fingerprint density at radius 2 is 2.05 bits per heavy atom. The van der Waals surface area contributed by atoms with Crippen LogP contribution in [0.2, 0.25) is 0 Å². The standard InChI is InChI=1S/C17H26N2O/c1-12-7-6-8-14(11-12)13(2)19-17(20)15-9-4-3-5-10-16(15)18/h6-8,11,13,15-16H,3-5,9-10,18H2,1-2H3,(H,19,20)/t13-,15?,16?/m1/s1. The highest BCUT2D eigenvalue weighted by Crippen LogP contribution is 2.23. The first kappa shape index (κ1) is 15.0. The van der Waals surface area contributed by atoms with Gasteiger partial charge in [-0.15, -0.1) is 0 Å². The number of aryl methyl sites for hydroxylation is 1. The first-order valence-electron chi connectivity index (χ1n) is 7.70. The minimum absolute atomic E-state index is 0.0159. The maximum absolute atomic E-state index is 12.4. The fraction of sp³-hybridized carbons (Fsp3) is 0.588. The summed E-state index contributed by atoms with van der Waals surface area (Å²) in [6.07, 6.45) is 5.36. The molecule has 0 spiro atoms. The molecule has 0 bridgehead atoms. The third-order valence-corrected chi connectivity index (χ3v) is 4.31. The zero-order valence-electron chi connectivity index (χ0n) is 12.6. The molecule has 1 aromatic rings. The molecule has 0 saturated heterocycles.